The summed E-state index contributed by atoms with van der Waals surface area (Å²) in [6.07, 6.45) is 0. The van der Waals surface area contributed by atoms with E-state index in [9.17, 15) is 8.78 Å². The van der Waals surface area contributed by atoms with Crippen molar-refractivity contribution in [2.75, 3.05) is 0 Å². The molecule has 0 spiro atoms. The fourth-order valence-corrected chi connectivity index (χ4v) is 1.23. The van der Waals surface area contributed by atoms with E-state index >= 15 is 0 Å². The van der Waals surface area contributed by atoms with Crippen molar-refractivity contribution in [2.45, 2.75) is 0 Å². The SMILES string of the molecule is Fc1[c]c(C#Cc2ccccc2)cc(F)c1. The predicted molar refractivity (Wildman–Crippen MR) is 57.6 cm³/mol. The molecule has 0 aliphatic heterocycles. The molecule has 1 radical (unpaired) electrons. The molecule has 77 valence electrons. The number of benzene rings is 2. The molecule has 0 saturated carbocycles. The smallest absolute Gasteiger partial charge is 0.135 e. The average Bonchev–Trinajstić information content (AvgIpc) is 2.27. The van der Waals surface area contributed by atoms with Crippen LogP contribution < -0.4 is 0 Å². The van der Waals surface area contributed by atoms with E-state index in [1.165, 1.54) is 0 Å². The standard InChI is InChI=1S/C14H7F2/c15-13-8-12(9-14(16)10-13)7-6-11-4-2-1-3-5-11/h1-5,8,10H. The number of halogens is 2. The summed E-state index contributed by atoms with van der Waals surface area (Å²) in [5.41, 5.74) is 1.00. The minimum atomic E-state index is -0.739. The van der Waals surface area contributed by atoms with Gasteiger partial charge in [0.1, 0.15) is 11.6 Å². The quantitative estimate of drug-likeness (QED) is 0.590. The Morgan fingerprint density at radius 1 is 0.938 bits per heavy atom. The second-order valence-corrected chi connectivity index (χ2v) is 3.18. The Morgan fingerprint density at radius 2 is 1.69 bits per heavy atom. The molecule has 0 aliphatic carbocycles. The highest BCUT2D eigenvalue weighted by atomic mass is 19.1. The molecule has 2 aromatic rings. The Bertz CT molecular complexity index is 528. The van der Waals surface area contributed by atoms with Gasteiger partial charge >= 0.3 is 0 Å². The van der Waals surface area contributed by atoms with Crippen molar-refractivity contribution in [3.05, 3.63) is 71.3 Å². The van der Waals surface area contributed by atoms with Gasteiger partial charge in [-0.25, -0.2) is 8.78 Å². The van der Waals surface area contributed by atoms with E-state index in [-0.39, 0.29) is 5.56 Å². The largest absolute Gasteiger partial charge is 0.207 e. The summed E-state index contributed by atoms with van der Waals surface area (Å²) in [5, 5.41) is 0. The molecule has 2 heteroatoms. The zero-order valence-corrected chi connectivity index (χ0v) is 8.30. The molecule has 2 aromatic carbocycles. The lowest BCUT2D eigenvalue weighted by Crippen LogP contribution is -1.83. The van der Waals surface area contributed by atoms with Gasteiger partial charge < -0.3 is 0 Å². The first-order valence-electron chi connectivity index (χ1n) is 4.69. The maximum absolute atomic E-state index is 12.8. The van der Waals surface area contributed by atoms with Crippen LogP contribution >= 0.6 is 0 Å². The fourth-order valence-electron chi connectivity index (χ4n) is 1.23. The van der Waals surface area contributed by atoms with E-state index in [0.717, 1.165) is 17.7 Å². The Morgan fingerprint density at radius 3 is 2.38 bits per heavy atom. The molecular weight excluding hydrogens is 206 g/mol. The van der Waals surface area contributed by atoms with Crippen LogP contribution in [0.1, 0.15) is 11.1 Å². The molecule has 0 fully saturated rings. The molecule has 0 amide bonds. The van der Waals surface area contributed by atoms with Gasteiger partial charge in [-0.05, 0) is 18.2 Å². The molecule has 0 aromatic heterocycles. The van der Waals surface area contributed by atoms with Crippen molar-refractivity contribution >= 4 is 0 Å². The van der Waals surface area contributed by atoms with Gasteiger partial charge in [0.2, 0.25) is 0 Å². The van der Waals surface area contributed by atoms with E-state index in [4.69, 9.17) is 0 Å². The average molecular weight is 213 g/mol. The summed E-state index contributed by atoms with van der Waals surface area (Å²) >= 11 is 0. The Kier molecular flexibility index (Phi) is 2.98. The summed E-state index contributed by atoms with van der Waals surface area (Å²) in [7, 11) is 0. The van der Waals surface area contributed by atoms with E-state index in [1.54, 1.807) is 0 Å². The van der Waals surface area contributed by atoms with Gasteiger partial charge in [-0.15, -0.1) is 0 Å². The van der Waals surface area contributed by atoms with Crippen LogP contribution in [0.15, 0.2) is 42.5 Å². The first-order valence-corrected chi connectivity index (χ1v) is 4.69. The van der Waals surface area contributed by atoms with E-state index in [0.29, 0.717) is 0 Å². The van der Waals surface area contributed by atoms with Crippen molar-refractivity contribution in [1.29, 1.82) is 0 Å². The summed E-state index contributed by atoms with van der Waals surface area (Å²) in [6.45, 7) is 0. The van der Waals surface area contributed by atoms with Crippen LogP contribution in [0.5, 0.6) is 0 Å². The van der Waals surface area contributed by atoms with Gasteiger partial charge in [0.25, 0.3) is 0 Å². The third kappa shape index (κ3) is 2.68. The highest BCUT2D eigenvalue weighted by molar-refractivity contribution is 5.42. The number of hydrogen-bond acceptors (Lipinski definition) is 0. The molecule has 16 heavy (non-hydrogen) atoms. The van der Waals surface area contributed by atoms with Crippen LogP contribution in [0.25, 0.3) is 0 Å². The monoisotopic (exact) mass is 213 g/mol. The van der Waals surface area contributed by atoms with Crippen LogP contribution in [0.2, 0.25) is 0 Å². The van der Waals surface area contributed by atoms with Crippen LogP contribution in [0.3, 0.4) is 0 Å². The first-order chi connectivity index (χ1) is 7.74. The predicted octanol–water partition coefficient (Wildman–Crippen LogP) is 3.16. The van der Waals surface area contributed by atoms with Crippen molar-refractivity contribution in [2.24, 2.45) is 0 Å². The third-order valence-electron chi connectivity index (χ3n) is 1.92. The molecule has 0 bridgehead atoms. The lowest BCUT2D eigenvalue weighted by molar-refractivity contribution is 0.581. The molecule has 0 unspecified atom stereocenters. The molecule has 0 aliphatic rings. The van der Waals surface area contributed by atoms with Crippen molar-refractivity contribution in [3.8, 4) is 11.8 Å². The van der Waals surface area contributed by atoms with Gasteiger partial charge in [-0.1, -0.05) is 30.0 Å². The summed E-state index contributed by atoms with van der Waals surface area (Å²) in [4.78, 5) is 0. The molecule has 0 nitrogen and oxygen atoms in total. The lowest BCUT2D eigenvalue weighted by atomic mass is 10.2. The normalized spacial score (nSPS) is 9.38. The second kappa shape index (κ2) is 4.59. The summed E-state index contributed by atoms with van der Waals surface area (Å²) in [6, 6.07) is 13.5. The van der Waals surface area contributed by atoms with Crippen LogP contribution in [-0.4, -0.2) is 0 Å². The molecule has 0 N–H and O–H groups in total. The minimum absolute atomic E-state index is 0.210. The fraction of sp³-hybridized carbons (Fsp3) is 0. The Balaban J connectivity index is 2.31. The van der Waals surface area contributed by atoms with Crippen molar-refractivity contribution < 1.29 is 8.78 Å². The maximum Gasteiger partial charge on any atom is 0.135 e. The summed E-state index contributed by atoms with van der Waals surface area (Å²) in [5.74, 6) is 4.07. The highest BCUT2D eigenvalue weighted by Crippen LogP contribution is 2.06. The van der Waals surface area contributed by atoms with Crippen molar-refractivity contribution in [3.63, 3.8) is 0 Å². The lowest BCUT2D eigenvalue weighted by Gasteiger charge is -1.92. The second-order valence-electron chi connectivity index (χ2n) is 3.18. The Hall–Kier alpha value is -2.14. The van der Waals surface area contributed by atoms with E-state index < -0.39 is 11.6 Å². The zero-order valence-electron chi connectivity index (χ0n) is 8.30. The van der Waals surface area contributed by atoms with Crippen LogP contribution in [0, 0.1) is 29.5 Å². The van der Waals surface area contributed by atoms with Crippen LogP contribution in [0.4, 0.5) is 8.78 Å². The van der Waals surface area contributed by atoms with Gasteiger partial charge in [-0.2, -0.15) is 0 Å². The molecule has 2 rings (SSSR count). The van der Waals surface area contributed by atoms with E-state index in [1.807, 2.05) is 30.3 Å². The van der Waals surface area contributed by atoms with Gasteiger partial charge in [0.15, 0.2) is 0 Å². The minimum Gasteiger partial charge on any atom is -0.207 e. The summed E-state index contributed by atoms with van der Waals surface area (Å²) < 4.78 is 25.6. The van der Waals surface area contributed by atoms with Gasteiger partial charge in [-0.3, -0.25) is 0 Å². The van der Waals surface area contributed by atoms with Crippen molar-refractivity contribution in [1.82, 2.24) is 0 Å². The maximum atomic E-state index is 12.8. The third-order valence-corrected chi connectivity index (χ3v) is 1.92. The molecule has 0 heterocycles. The zero-order chi connectivity index (χ0) is 11.4. The van der Waals surface area contributed by atoms with E-state index in [2.05, 4.69) is 17.9 Å². The van der Waals surface area contributed by atoms with Gasteiger partial charge in [0, 0.05) is 23.3 Å². The van der Waals surface area contributed by atoms with Crippen LogP contribution in [-0.2, 0) is 0 Å². The highest BCUT2D eigenvalue weighted by Gasteiger charge is 1.97. The topological polar surface area (TPSA) is 0 Å². The molecule has 0 saturated heterocycles. The molecule has 0 atom stereocenters. The van der Waals surface area contributed by atoms with Gasteiger partial charge in [0.05, 0.1) is 0 Å². The Labute approximate surface area is 92.5 Å². The number of rotatable bonds is 0. The first kappa shape index (κ1) is 10.4. The molecular formula is C14H7F2. The number of hydrogen-bond donors (Lipinski definition) is 0.